The highest BCUT2D eigenvalue weighted by Crippen LogP contribution is 2.32. The first-order valence-corrected chi connectivity index (χ1v) is 11.4. The summed E-state index contributed by atoms with van der Waals surface area (Å²) in [5, 5.41) is 3.51. The molecule has 0 saturated carbocycles. The molecular formula is C26H20ClN3O5. The van der Waals surface area contributed by atoms with E-state index in [0.29, 0.717) is 45.5 Å². The van der Waals surface area contributed by atoms with Crippen molar-refractivity contribution in [3.63, 3.8) is 0 Å². The van der Waals surface area contributed by atoms with E-state index < -0.39 is 18.5 Å². The zero-order valence-electron chi connectivity index (χ0n) is 18.5. The van der Waals surface area contributed by atoms with Gasteiger partial charge in [-0.15, -0.1) is 0 Å². The molecule has 1 aromatic heterocycles. The predicted molar refractivity (Wildman–Crippen MR) is 131 cm³/mol. The number of aromatic nitrogens is 2. The summed E-state index contributed by atoms with van der Waals surface area (Å²) in [6, 6.07) is 18.5. The minimum Gasteiger partial charge on any atom is -0.455 e. The molecule has 35 heavy (non-hydrogen) atoms. The van der Waals surface area contributed by atoms with E-state index in [-0.39, 0.29) is 11.1 Å². The molecule has 1 aliphatic rings. The molecule has 0 saturated heterocycles. The first-order chi connectivity index (χ1) is 17.0. The van der Waals surface area contributed by atoms with Crippen molar-refractivity contribution < 1.29 is 19.1 Å². The summed E-state index contributed by atoms with van der Waals surface area (Å²) >= 11 is 6.08. The standard InChI is InChI=1S/C26H20ClN3O5/c27-17-9-11-22(35-18-5-2-1-3-6-18)21(14-17)29-24(31)15-34-26(33)16-8-10-19-20(13-16)28-23-7-4-12-30(23)25(19)32/h1-3,5-6,8-11,13-14H,4,7,12,15H2,(H,29,31). The molecule has 1 aliphatic heterocycles. The lowest BCUT2D eigenvalue weighted by Gasteiger charge is -2.13. The molecule has 8 nitrogen and oxygen atoms in total. The van der Waals surface area contributed by atoms with E-state index in [1.807, 2.05) is 18.2 Å². The van der Waals surface area contributed by atoms with Gasteiger partial charge in [0.05, 0.1) is 22.2 Å². The Hall–Kier alpha value is -4.17. The van der Waals surface area contributed by atoms with Crippen molar-refractivity contribution in [3.05, 3.63) is 93.5 Å². The first kappa shape index (κ1) is 22.6. The smallest absolute Gasteiger partial charge is 0.338 e. The quantitative estimate of drug-likeness (QED) is 0.398. The minimum atomic E-state index is -0.698. The number of carbonyl (C=O) groups is 2. The largest absolute Gasteiger partial charge is 0.455 e. The second kappa shape index (κ2) is 9.60. The number of esters is 1. The number of nitrogens with one attached hydrogen (secondary N) is 1. The third kappa shape index (κ3) is 4.88. The Kier molecular flexibility index (Phi) is 6.20. The van der Waals surface area contributed by atoms with Crippen LogP contribution in [0.15, 0.2) is 71.5 Å². The lowest BCUT2D eigenvalue weighted by molar-refractivity contribution is -0.119. The third-order valence-corrected chi connectivity index (χ3v) is 5.81. The highest BCUT2D eigenvalue weighted by molar-refractivity contribution is 6.31. The Morgan fingerprint density at radius 2 is 1.89 bits per heavy atom. The summed E-state index contributed by atoms with van der Waals surface area (Å²) in [6.45, 7) is 0.134. The van der Waals surface area contributed by atoms with Crippen LogP contribution in [0.3, 0.4) is 0 Å². The van der Waals surface area contributed by atoms with Gasteiger partial charge in [0, 0.05) is 18.0 Å². The van der Waals surface area contributed by atoms with Crippen LogP contribution in [0.5, 0.6) is 11.5 Å². The number of halogens is 1. The molecule has 1 amide bonds. The average molecular weight is 490 g/mol. The molecular weight excluding hydrogens is 470 g/mol. The maximum absolute atomic E-state index is 12.6. The second-order valence-electron chi connectivity index (χ2n) is 8.00. The number of anilines is 1. The molecule has 9 heteroatoms. The summed E-state index contributed by atoms with van der Waals surface area (Å²) in [5.41, 5.74) is 0.864. The van der Waals surface area contributed by atoms with Gasteiger partial charge in [-0.1, -0.05) is 29.8 Å². The van der Waals surface area contributed by atoms with Gasteiger partial charge < -0.3 is 14.8 Å². The number of aryl methyl sites for hydroxylation is 1. The van der Waals surface area contributed by atoms with E-state index in [1.54, 1.807) is 41.0 Å². The van der Waals surface area contributed by atoms with E-state index in [1.165, 1.54) is 12.1 Å². The van der Waals surface area contributed by atoms with E-state index in [4.69, 9.17) is 21.1 Å². The lowest BCUT2D eigenvalue weighted by Crippen LogP contribution is -2.22. The Morgan fingerprint density at radius 1 is 1.06 bits per heavy atom. The SMILES string of the molecule is O=C(COC(=O)c1ccc2c(=O)n3c(nc2c1)CCC3)Nc1cc(Cl)ccc1Oc1ccccc1. The van der Waals surface area contributed by atoms with Crippen molar-refractivity contribution >= 4 is 40.1 Å². The molecule has 0 spiro atoms. The van der Waals surface area contributed by atoms with Crippen LogP contribution in [-0.4, -0.2) is 28.0 Å². The predicted octanol–water partition coefficient (Wildman–Crippen LogP) is 4.58. The van der Waals surface area contributed by atoms with Crippen LogP contribution < -0.4 is 15.6 Å². The molecule has 0 fully saturated rings. The number of benzene rings is 3. The van der Waals surface area contributed by atoms with Gasteiger partial charge in [-0.05, 0) is 55.0 Å². The van der Waals surface area contributed by atoms with Crippen molar-refractivity contribution in [3.8, 4) is 11.5 Å². The van der Waals surface area contributed by atoms with Crippen molar-refractivity contribution in [2.24, 2.45) is 0 Å². The van der Waals surface area contributed by atoms with Crippen molar-refractivity contribution in [1.82, 2.24) is 9.55 Å². The van der Waals surface area contributed by atoms with Crippen molar-refractivity contribution in [2.45, 2.75) is 19.4 Å². The van der Waals surface area contributed by atoms with Crippen LogP contribution in [0.1, 0.15) is 22.6 Å². The van der Waals surface area contributed by atoms with Gasteiger partial charge in [0.1, 0.15) is 11.6 Å². The number of hydrogen-bond acceptors (Lipinski definition) is 6. The Morgan fingerprint density at radius 3 is 2.71 bits per heavy atom. The van der Waals surface area contributed by atoms with Gasteiger partial charge in [0.15, 0.2) is 12.4 Å². The monoisotopic (exact) mass is 489 g/mol. The Bertz CT molecular complexity index is 1500. The number of hydrogen-bond donors (Lipinski definition) is 1. The van der Waals surface area contributed by atoms with Gasteiger partial charge in [-0.3, -0.25) is 14.2 Å². The zero-order valence-corrected chi connectivity index (χ0v) is 19.2. The fourth-order valence-corrected chi connectivity index (χ4v) is 4.09. The minimum absolute atomic E-state index is 0.114. The molecule has 4 aromatic rings. The summed E-state index contributed by atoms with van der Waals surface area (Å²) in [7, 11) is 0. The number of carbonyl (C=O) groups excluding carboxylic acids is 2. The number of rotatable bonds is 6. The van der Waals surface area contributed by atoms with Crippen LogP contribution in [-0.2, 0) is 22.5 Å². The number of nitrogens with zero attached hydrogens (tertiary/aromatic N) is 2. The fraction of sp³-hybridized carbons (Fsp3) is 0.154. The summed E-state index contributed by atoms with van der Waals surface area (Å²) in [5.74, 6) is 0.430. The Labute approximate surface area is 205 Å². The molecule has 5 rings (SSSR count). The maximum atomic E-state index is 12.6. The average Bonchev–Trinajstić information content (AvgIpc) is 3.33. The van der Waals surface area contributed by atoms with Gasteiger partial charge >= 0.3 is 5.97 Å². The van der Waals surface area contributed by atoms with Crippen LogP contribution in [0.25, 0.3) is 10.9 Å². The van der Waals surface area contributed by atoms with Crippen molar-refractivity contribution in [2.75, 3.05) is 11.9 Å². The Balaban J connectivity index is 1.27. The van der Waals surface area contributed by atoms with Gasteiger partial charge in [-0.2, -0.15) is 0 Å². The topological polar surface area (TPSA) is 99.5 Å². The number of fused-ring (bicyclic) bond motifs is 2. The van der Waals surface area contributed by atoms with E-state index in [2.05, 4.69) is 10.3 Å². The van der Waals surface area contributed by atoms with Crippen LogP contribution in [0.4, 0.5) is 5.69 Å². The van der Waals surface area contributed by atoms with Gasteiger partial charge in [-0.25, -0.2) is 9.78 Å². The summed E-state index contributed by atoms with van der Waals surface area (Å²) < 4.78 is 12.7. The van der Waals surface area contributed by atoms with Crippen LogP contribution in [0, 0.1) is 0 Å². The molecule has 0 aliphatic carbocycles. The van der Waals surface area contributed by atoms with E-state index in [0.717, 1.165) is 12.8 Å². The first-order valence-electron chi connectivity index (χ1n) is 11.0. The van der Waals surface area contributed by atoms with Gasteiger partial charge in [0.25, 0.3) is 11.5 Å². The third-order valence-electron chi connectivity index (χ3n) is 5.57. The van der Waals surface area contributed by atoms with Gasteiger partial charge in [0.2, 0.25) is 0 Å². The number of para-hydroxylation sites is 1. The number of ether oxygens (including phenoxy) is 2. The van der Waals surface area contributed by atoms with E-state index >= 15 is 0 Å². The van der Waals surface area contributed by atoms with Crippen molar-refractivity contribution in [1.29, 1.82) is 0 Å². The normalized spacial score (nSPS) is 12.3. The molecule has 0 bridgehead atoms. The molecule has 1 N–H and O–H groups in total. The number of amides is 1. The lowest BCUT2D eigenvalue weighted by atomic mass is 10.1. The molecule has 0 atom stereocenters. The molecule has 176 valence electrons. The summed E-state index contributed by atoms with van der Waals surface area (Å²) in [6.07, 6.45) is 1.59. The van der Waals surface area contributed by atoms with Crippen LogP contribution >= 0.6 is 11.6 Å². The second-order valence-corrected chi connectivity index (χ2v) is 8.44. The maximum Gasteiger partial charge on any atom is 0.338 e. The van der Waals surface area contributed by atoms with E-state index in [9.17, 15) is 14.4 Å². The molecule has 2 heterocycles. The summed E-state index contributed by atoms with van der Waals surface area (Å²) in [4.78, 5) is 42.2. The highest BCUT2D eigenvalue weighted by atomic mass is 35.5. The molecule has 3 aromatic carbocycles. The zero-order chi connectivity index (χ0) is 24.4. The fourth-order valence-electron chi connectivity index (χ4n) is 3.92. The molecule has 0 unspecified atom stereocenters. The highest BCUT2D eigenvalue weighted by Gasteiger charge is 2.18. The molecule has 0 radical (unpaired) electrons. The van der Waals surface area contributed by atoms with Crippen LogP contribution in [0.2, 0.25) is 5.02 Å².